The molecular formula is C28H30N2O. The Kier molecular flexibility index (Phi) is 5.77. The van der Waals surface area contributed by atoms with Crippen LogP contribution in [0.3, 0.4) is 0 Å². The van der Waals surface area contributed by atoms with Gasteiger partial charge in [-0.1, -0.05) is 67.8 Å². The molecule has 31 heavy (non-hydrogen) atoms. The molecule has 1 aromatic heterocycles. The van der Waals surface area contributed by atoms with E-state index < -0.39 is 0 Å². The third-order valence-corrected chi connectivity index (χ3v) is 6.53. The molecule has 0 atom stereocenters. The van der Waals surface area contributed by atoms with Crippen molar-refractivity contribution in [2.75, 3.05) is 6.54 Å². The molecule has 2 N–H and O–H groups in total. The van der Waals surface area contributed by atoms with Gasteiger partial charge < -0.3 is 15.0 Å². The number of fused-ring (bicyclic) bond motifs is 1. The first-order valence-corrected chi connectivity index (χ1v) is 11.5. The molecule has 0 spiro atoms. The Labute approximate surface area is 184 Å². The molecule has 1 heterocycles. The molecule has 3 nitrogen and oxygen atoms in total. The molecule has 1 fully saturated rings. The highest BCUT2D eigenvalue weighted by Gasteiger charge is 2.20. The standard InChI is InChI=1S/C28H30N2O/c31-24-16-17-27-26(20-24)25(18-19-29-22-12-6-2-7-13-22)28(21-10-4-1-5-11-21)30(27)23-14-8-3-9-15-23/h1,3-5,8-11,14-17,20,22,29,31H,2,6-7,12-13,18-19H2. The Bertz CT molecular complexity index is 1140. The highest BCUT2D eigenvalue weighted by Crippen LogP contribution is 2.38. The molecular weight excluding hydrogens is 380 g/mol. The Morgan fingerprint density at radius 1 is 0.839 bits per heavy atom. The highest BCUT2D eigenvalue weighted by atomic mass is 16.3. The predicted octanol–water partition coefficient (Wildman–Crippen LogP) is 6.47. The maximum atomic E-state index is 10.3. The van der Waals surface area contributed by atoms with Crippen LogP contribution in [0.4, 0.5) is 0 Å². The number of hydrogen-bond acceptors (Lipinski definition) is 2. The van der Waals surface area contributed by atoms with E-state index >= 15 is 0 Å². The van der Waals surface area contributed by atoms with Crippen LogP contribution in [0.15, 0.2) is 78.9 Å². The Morgan fingerprint density at radius 3 is 2.29 bits per heavy atom. The molecule has 1 aliphatic carbocycles. The van der Waals surface area contributed by atoms with Crippen molar-refractivity contribution < 1.29 is 5.11 Å². The monoisotopic (exact) mass is 410 g/mol. The Hall–Kier alpha value is -3.04. The van der Waals surface area contributed by atoms with E-state index in [9.17, 15) is 5.11 Å². The molecule has 0 radical (unpaired) electrons. The van der Waals surface area contributed by atoms with E-state index in [1.165, 1.54) is 48.9 Å². The molecule has 158 valence electrons. The van der Waals surface area contributed by atoms with Gasteiger partial charge in [-0.2, -0.15) is 0 Å². The molecule has 3 heteroatoms. The fraction of sp³-hybridized carbons (Fsp3) is 0.286. The van der Waals surface area contributed by atoms with Gasteiger partial charge in [0.1, 0.15) is 5.75 Å². The fourth-order valence-corrected chi connectivity index (χ4v) is 5.05. The summed E-state index contributed by atoms with van der Waals surface area (Å²) in [4.78, 5) is 0. The van der Waals surface area contributed by atoms with Gasteiger partial charge >= 0.3 is 0 Å². The van der Waals surface area contributed by atoms with Crippen LogP contribution in [-0.4, -0.2) is 22.3 Å². The fourth-order valence-electron chi connectivity index (χ4n) is 5.05. The molecule has 0 saturated heterocycles. The van der Waals surface area contributed by atoms with Crippen molar-refractivity contribution in [1.82, 2.24) is 9.88 Å². The lowest BCUT2D eigenvalue weighted by Gasteiger charge is -2.23. The van der Waals surface area contributed by atoms with Crippen LogP contribution in [0.1, 0.15) is 37.7 Å². The number of para-hydroxylation sites is 1. The molecule has 0 unspecified atom stereocenters. The van der Waals surface area contributed by atoms with Gasteiger partial charge in [-0.3, -0.25) is 0 Å². The summed E-state index contributed by atoms with van der Waals surface area (Å²) >= 11 is 0. The first-order chi connectivity index (χ1) is 15.3. The largest absolute Gasteiger partial charge is 0.508 e. The van der Waals surface area contributed by atoms with Crippen molar-refractivity contribution >= 4 is 10.9 Å². The minimum atomic E-state index is 0.318. The van der Waals surface area contributed by atoms with Crippen molar-refractivity contribution in [2.45, 2.75) is 44.6 Å². The number of aromatic hydroxyl groups is 1. The van der Waals surface area contributed by atoms with Crippen molar-refractivity contribution in [1.29, 1.82) is 0 Å². The lowest BCUT2D eigenvalue weighted by molar-refractivity contribution is 0.376. The van der Waals surface area contributed by atoms with E-state index in [0.717, 1.165) is 29.6 Å². The molecule has 3 aromatic carbocycles. The molecule has 5 rings (SSSR count). The van der Waals surface area contributed by atoms with Crippen molar-refractivity contribution in [3.63, 3.8) is 0 Å². The van der Waals surface area contributed by atoms with E-state index in [0.29, 0.717) is 11.8 Å². The first-order valence-electron chi connectivity index (χ1n) is 11.5. The lowest BCUT2D eigenvalue weighted by atomic mass is 9.95. The van der Waals surface area contributed by atoms with Crippen molar-refractivity contribution in [3.8, 4) is 22.7 Å². The summed E-state index contributed by atoms with van der Waals surface area (Å²) in [6.45, 7) is 0.952. The quantitative estimate of drug-likeness (QED) is 0.382. The second-order valence-electron chi connectivity index (χ2n) is 8.60. The third-order valence-electron chi connectivity index (χ3n) is 6.53. The van der Waals surface area contributed by atoms with Gasteiger partial charge in [0.15, 0.2) is 0 Å². The zero-order valence-electron chi connectivity index (χ0n) is 17.9. The molecule has 0 bridgehead atoms. The number of hydrogen-bond donors (Lipinski definition) is 2. The van der Waals surface area contributed by atoms with E-state index in [2.05, 4.69) is 70.5 Å². The number of nitrogens with one attached hydrogen (secondary N) is 1. The van der Waals surface area contributed by atoms with Gasteiger partial charge in [-0.25, -0.2) is 0 Å². The zero-order chi connectivity index (χ0) is 21.0. The molecule has 0 amide bonds. The summed E-state index contributed by atoms with van der Waals surface area (Å²) in [6.07, 6.45) is 7.57. The normalized spacial score (nSPS) is 14.8. The van der Waals surface area contributed by atoms with E-state index in [4.69, 9.17) is 0 Å². The molecule has 1 saturated carbocycles. The van der Waals surface area contributed by atoms with Gasteiger partial charge in [-0.15, -0.1) is 0 Å². The smallest absolute Gasteiger partial charge is 0.116 e. The van der Waals surface area contributed by atoms with Gasteiger partial charge in [0, 0.05) is 17.1 Å². The van der Waals surface area contributed by atoms with E-state index in [1.807, 2.05) is 12.1 Å². The van der Waals surface area contributed by atoms with E-state index in [1.54, 1.807) is 6.07 Å². The third kappa shape index (κ3) is 4.11. The molecule has 0 aliphatic heterocycles. The lowest BCUT2D eigenvalue weighted by Crippen LogP contribution is -2.32. The summed E-state index contributed by atoms with van der Waals surface area (Å²) in [7, 11) is 0. The van der Waals surface area contributed by atoms with Crippen molar-refractivity contribution in [3.05, 3.63) is 84.4 Å². The van der Waals surface area contributed by atoms with Gasteiger partial charge in [0.25, 0.3) is 0 Å². The number of benzene rings is 3. The maximum Gasteiger partial charge on any atom is 0.116 e. The van der Waals surface area contributed by atoms with Crippen molar-refractivity contribution in [2.24, 2.45) is 0 Å². The molecule has 4 aromatic rings. The van der Waals surface area contributed by atoms with E-state index in [-0.39, 0.29) is 0 Å². The van der Waals surface area contributed by atoms with Crippen LogP contribution in [-0.2, 0) is 6.42 Å². The minimum Gasteiger partial charge on any atom is -0.508 e. The van der Waals surface area contributed by atoms with Crippen LogP contribution in [0, 0.1) is 0 Å². The Balaban J connectivity index is 1.62. The van der Waals surface area contributed by atoms with Crippen LogP contribution in [0.2, 0.25) is 0 Å². The number of phenols is 1. The minimum absolute atomic E-state index is 0.318. The average Bonchev–Trinajstić information content (AvgIpc) is 3.14. The molecule has 1 aliphatic rings. The summed E-state index contributed by atoms with van der Waals surface area (Å²) in [5.41, 5.74) is 6.00. The number of aromatic nitrogens is 1. The highest BCUT2D eigenvalue weighted by molar-refractivity contribution is 5.94. The topological polar surface area (TPSA) is 37.2 Å². The second-order valence-corrected chi connectivity index (χ2v) is 8.60. The predicted molar refractivity (Wildman–Crippen MR) is 129 cm³/mol. The summed E-state index contributed by atoms with van der Waals surface area (Å²) in [6, 6.07) is 27.6. The van der Waals surface area contributed by atoms with Crippen LogP contribution in [0.5, 0.6) is 5.75 Å². The average molecular weight is 411 g/mol. The van der Waals surface area contributed by atoms with Gasteiger partial charge in [-0.05, 0) is 67.3 Å². The van der Waals surface area contributed by atoms with Crippen LogP contribution in [0.25, 0.3) is 27.8 Å². The first kappa shape index (κ1) is 19.9. The van der Waals surface area contributed by atoms with Gasteiger partial charge in [0.05, 0.1) is 11.2 Å². The SMILES string of the molecule is Oc1ccc2c(c1)c(CCNC1CCCCC1)c(-c1ccccc1)n2-c1ccccc1. The second kappa shape index (κ2) is 8.99. The summed E-state index contributed by atoms with van der Waals surface area (Å²) in [5.74, 6) is 0.318. The summed E-state index contributed by atoms with van der Waals surface area (Å²) < 4.78 is 2.35. The summed E-state index contributed by atoms with van der Waals surface area (Å²) in [5, 5.41) is 15.2. The number of rotatable bonds is 6. The zero-order valence-corrected chi connectivity index (χ0v) is 17.9. The van der Waals surface area contributed by atoms with Gasteiger partial charge in [0.2, 0.25) is 0 Å². The van der Waals surface area contributed by atoms with Crippen LogP contribution < -0.4 is 5.32 Å². The van der Waals surface area contributed by atoms with Crippen LogP contribution >= 0.6 is 0 Å². The number of phenolic OH excluding ortho intramolecular Hbond substituents is 1. The number of nitrogens with zero attached hydrogens (tertiary/aromatic N) is 1. The Morgan fingerprint density at radius 2 is 1.55 bits per heavy atom. The maximum absolute atomic E-state index is 10.3.